The van der Waals surface area contributed by atoms with Crippen LogP contribution in [0, 0.1) is 5.41 Å². The van der Waals surface area contributed by atoms with E-state index in [0.717, 1.165) is 5.69 Å². The second kappa shape index (κ2) is 1.78. The molecule has 1 aliphatic carbocycles. The molecule has 3 nitrogen and oxygen atoms in total. The van der Waals surface area contributed by atoms with Crippen molar-refractivity contribution in [3.8, 4) is 0 Å². The minimum absolute atomic E-state index is 0.406. The summed E-state index contributed by atoms with van der Waals surface area (Å²) in [5, 5.41) is 3.87. The third kappa shape index (κ3) is 1.00. The average molecular weight is 152 g/mol. The summed E-state index contributed by atoms with van der Waals surface area (Å²) in [5.74, 6) is 0.978. The fraction of sp³-hybridized carbons (Fsp3) is 0.625. The maximum Gasteiger partial charge on any atom is 0.222 e. The van der Waals surface area contributed by atoms with Crippen LogP contribution in [0.2, 0.25) is 0 Å². The quantitative estimate of drug-likeness (QED) is 0.667. The van der Waals surface area contributed by atoms with E-state index in [1.807, 2.05) is 6.07 Å². The minimum atomic E-state index is 0.406. The molecule has 0 saturated heterocycles. The van der Waals surface area contributed by atoms with E-state index in [9.17, 15) is 0 Å². The molecule has 1 atom stereocenters. The van der Waals surface area contributed by atoms with Gasteiger partial charge in [-0.15, -0.1) is 0 Å². The molecule has 0 bridgehead atoms. The number of hydrogen-bond donors (Lipinski definition) is 1. The van der Waals surface area contributed by atoms with Crippen molar-refractivity contribution in [1.82, 2.24) is 5.16 Å². The van der Waals surface area contributed by atoms with E-state index in [4.69, 9.17) is 10.3 Å². The summed E-state index contributed by atoms with van der Waals surface area (Å²) < 4.78 is 4.79. The van der Waals surface area contributed by atoms with Gasteiger partial charge in [-0.1, -0.05) is 19.0 Å². The van der Waals surface area contributed by atoms with Gasteiger partial charge in [-0.2, -0.15) is 0 Å². The lowest BCUT2D eigenvalue weighted by Gasteiger charge is -1.96. The number of hydrogen-bond acceptors (Lipinski definition) is 3. The number of nitrogen functional groups attached to an aromatic ring is 1. The number of anilines is 1. The minimum Gasteiger partial charge on any atom is -0.368 e. The first-order valence-corrected chi connectivity index (χ1v) is 3.82. The third-order valence-electron chi connectivity index (χ3n) is 2.42. The zero-order valence-corrected chi connectivity index (χ0v) is 6.79. The molecule has 3 heteroatoms. The predicted octanol–water partition coefficient (Wildman–Crippen LogP) is 1.77. The second-order valence-electron chi connectivity index (χ2n) is 3.90. The Kier molecular flexibility index (Phi) is 1.09. The van der Waals surface area contributed by atoms with Crippen molar-refractivity contribution in [3.63, 3.8) is 0 Å². The summed E-state index contributed by atoms with van der Waals surface area (Å²) in [6.45, 7) is 4.45. The van der Waals surface area contributed by atoms with Gasteiger partial charge in [0.1, 0.15) is 0 Å². The van der Waals surface area contributed by atoms with E-state index in [-0.39, 0.29) is 0 Å². The summed E-state index contributed by atoms with van der Waals surface area (Å²) in [4.78, 5) is 0. The summed E-state index contributed by atoms with van der Waals surface area (Å²) in [7, 11) is 0. The molecule has 2 N–H and O–H groups in total. The van der Waals surface area contributed by atoms with Gasteiger partial charge in [0.15, 0.2) is 0 Å². The molecule has 1 saturated carbocycles. The van der Waals surface area contributed by atoms with Crippen molar-refractivity contribution < 1.29 is 4.52 Å². The van der Waals surface area contributed by atoms with Crippen LogP contribution in [-0.4, -0.2) is 5.16 Å². The Balaban J connectivity index is 2.20. The largest absolute Gasteiger partial charge is 0.368 e. The molecule has 2 rings (SSSR count). The topological polar surface area (TPSA) is 52.0 Å². The maximum atomic E-state index is 5.40. The van der Waals surface area contributed by atoms with E-state index in [0.29, 0.717) is 17.2 Å². The zero-order valence-electron chi connectivity index (χ0n) is 6.79. The van der Waals surface area contributed by atoms with Gasteiger partial charge >= 0.3 is 0 Å². The molecule has 0 aliphatic heterocycles. The Labute approximate surface area is 65.6 Å². The highest BCUT2D eigenvalue weighted by atomic mass is 16.5. The molecule has 60 valence electrons. The molecule has 1 fully saturated rings. The van der Waals surface area contributed by atoms with Crippen molar-refractivity contribution in [2.45, 2.75) is 26.2 Å². The Hall–Kier alpha value is -0.990. The van der Waals surface area contributed by atoms with Crippen LogP contribution >= 0.6 is 0 Å². The zero-order chi connectivity index (χ0) is 8.06. The van der Waals surface area contributed by atoms with Gasteiger partial charge in [-0.3, -0.25) is 0 Å². The number of rotatable bonds is 1. The molecular formula is C8H12N2O. The highest BCUT2D eigenvalue weighted by Crippen LogP contribution is 2.58. The van der Waals surface area contributed by atoms with Crippen LogP contribution in [0.4, 0.5) is 5.88 Å². The highest BCUT2D eigenvalue weighted by molar-refractivity contribution is 5.30. The first kappa shape index (κ1) is 6.70. The lowest BCUT2D eigenvalue weighted by atomic mass is 10.1. The number of nitrogens with zero attached hydrogens (tertiary/aromatic N) is 1. The molecule has 0 aromatic carbocycles. The Morgan fingerprint density at radius 3 is 2.73 bits per heavy atom. The van der Waals surface area contributed by atoms with Crippen molar-refractivity contribution in [2.24, 2.45) is 5.41 Å². The van der Waals surface area contributed by atoms with Crippen LogP contribution in [0.5, 0.6) is 0 Å². The first-order valence-electron chi connectivity index (χ1n) is 3.82. The van der Waals surface area contributed by atoms with Crippen LogP contribution in [0.25, 0.3) is 0 Å². The normalized spacial score (nSPS) is 26.9. The smallest absolute Gasteiger partial charge is 0.222 e. The molecule has 1 aliphatic rings. The van der Waals surface area contributed by atoms with Gasteiger partial charge in [-0.05, 0) is 11.8 Å². The summed E-state index contributed by atoms with van der Waals surface area (Å²) in [5.41, 5.74) is 6.82. The molecule has 1 heterocycles. The van der Waals surface area contributed by atoms with E-state index in [1.165, 1.54) is 6.42 Å². The Bertz CT molecular complexity index is 277. The van der Waals surface area contributed by atoms with E-state index < -0.39 is 0 Å². The van der Waals surface area contributed by atoms with Crippen molar-refractivity contribution >= 4 is 5.88 Å². The maximum absolute atomic E-state index is 5.40. The van der Waals surface area contributed by atoms with Gasteiger partial charge in [0.2, 0.25) is 5.88 Å². The van der Waals surface area contributed by atoms with Gasteiger partial charge in [0, 0.05) is 12.0 Å². The van der Waals surface area contributed by atoms with Gasteiger partial charge in [0.25, 0.3) is 0 Å². The number of aromatic nitrogens is 1. The lowest BCUT2D eigenvalue weighted by molar-refractivity contribution is 0.424. The molecule has 0 spiro atoms. The Morgan fingerprint density at radius 1 is 1.73 bits per heavy atom. The Morgan fingerprint density at radius 2 is 2.36 bits per heavy atom. The molecule has 1 aromatic heterocycles. The third-order valence-corrected chi connectivity index (χ3v) is 2.42. The molecule has 11 heavy (non-hydrogen) atoms. The predicted molar refractivity (Wildman–Crippen MR) is 42.1 cm³/mol. The van der Waals surface area contributed by atoms with Crippen LogP contribution in [-0.2, 0) is 0 Å². The van der Waals surface area contributed by atoms with E-state index in [1.54, 1.807) is 0 Å². The molecular weight excluding hydrogens is 140 g/mol. The van der Waals surface area contributed by atoms with Crippen molar-refractivity contribution in [1.29, 1.82) is 0 Å². The first-order chi connectivity index (χ1) is 5.09. The van der Waals surface area contributed by atoms with E-state index in [2.05, 4.69) is 19.0 Å². The fourth-order valence-corrected chi connectivity index (χ4v) is 1.44. The van der Waals surface area contributed by atoms with Crippen LogP contribution < -0.4 is 5.73 Å². The fourth-order valence-electron chi connectivity index (χ4n) is 1.44. The molecule has 1 aromatic rings. The molecule has 0 radical (unpaired) electrons. The van der Waals surface area contributed by atoms with Gasteiger partial charge in [-0.25, -0.2) is 0 Å². The highest BCUT2D eigenvalue weighted by Gasteiger charge is 2.48. The average Bonchev–Trinajstić information content (AvgIpc) is 2.39. The number of nitrogens with two attached hydrogens (primary N) is 1. The van der Waals surface area contributed by atoms with Crippen LogP contribution in [0.1, 0.15) is 31.9 Å². The lowest BCUT2D eigenvalue weighted by Crippen LogP contribution is -1.89. The van der Waals surface area contributed by atoms with Crippen molar-refractivity contribution in [3.05, 3.63) is 11.8 Å². The van der Waals surface area contributed by atoms with Crippen molar-refractivity contribution in [2.75, 3.05) is 5.73 Å². The SMILES string of the molecule is CC1(C)C[C@H]1c1cc(N)on1. The monoisotopic (exact) mass is 152 g/mol. The second-order valence-corrected chi connectivity index (χ2v) is 3.90. The van der Waals surface area contributed by atoms with Crippen LogP contribution in [0.15, 0.2) is 10.6 Å². The molecule has 0 amide bonds. The summed E-state index contributed by atoms with van der Waals surface area (Å²) >= 11 is 0. The summed E-state index contributed by atoms with van der Waals surface area (Å²) in [6, 6.07) is 1.82. The van der Waals surface area contributed by atoms with Gasteiger partial charge in [0.05, 0.1) is 5.69 Å². The van der Waals surface area contributed by atoms with E-state index >= 15 is 0 Å². The molecule has 0 unspecified atom stereocenters. The van der Waals surface area contributed by atoms with Gasteiger partial charge < -0.3 is 10.3 Å². The summed E-state index contributed by atoms with van der Waals surface area (Å²) in [6.07, 6.45) is 1.19. The standard InChI is InChI=1S/C8H12N2O/c1-8(2)4-5(8)6-3-7(9)11-10-6/h3,5H,4,9H2,1-2H3/t5-/m0/s1. The van der Waals surface area contributed by atoms with Crippen LogP contribution in [0.3, 0.4) is 0 Å².